The fraction of sp³-hybridized carbons (Fsp3) is 0.714. The zero-order chi connectivity index (χ0) is 17.9. The molecule has 26 heavy (non-hydrogen) atoms. The molecule has 1 aliphatic carbocycles. The summed E-state index contributed by atoms with van der Waals surface area (Å²) in [5.41, 5.74) is 1.41. The number of likely N-dealkylation sites (tertiary alicyclic amines) is 2. The lowest BCUT2D eigenvalue weighted by molar-refractivity contribution is -0.135. The standard InChI is InChI=1S/C21H30N2O2S/c24-20(22-11-5-6-12-22)16-9-13-23(14-10-16)21(25)19-15-17-7-3-1-2-4-8-18(17)26-19/h15-16H,1-14H2. The Bertz CT molecular complexity index is 629. The van der Waals surface area contributed by atoms with Crippen LogP contribution in [0.2, 0.25) is 0 Å². The van der Waals surface area contributed by atoms with Gasteiger partial charge in [0.25, 0.3) is 5.91 Å². The van der Waals surface area contributed by atoms with Gasteiger partial charge in [0.2, 0.25) is 5.91 Å². The predicted octanol–water partition coefficient (Wildman–Crippen LogP) is 3.88. The third-order valence-electron chi connectivity index (χ3n) is 6.26. The van der Waals surface area contributed by atoms with Crippen molar-refractivity contribution in [3.63, 3.8) is 0 Å². The van der Waals surface area contributed by atoms with Crippen LogP contribution in [0.15, 0.2) is 6.07 Å². The quantitative estimate of drug-likeness (QED) is 0.788. The molecule has 4 nitrogen and oxygen atoms in total. The molecule has 0 unspecified atom stereocenters. The van der Waals surface area contributed by atoms with Crippen molar-refractivity contribution in [3.05, 3.63) is 21.4 Å². The molecule has 3 aliphatic rings. The molecule has 0 saturated carbocycles. The van der Waals surface area contributed by atoms with Crippen LogP contribution < -0.4 is 0 Å². The van der Waals surface area contributed by atoms with E-state index < -0.39 is 0 Å². The summed E-state index contributed by atoms with van der Waals surface area (Å²) >= 11 is 1.72. The lowest BCUT2D eigenvalue weighted by Gasteiger charge is -2.33. The SMILES string of the molecule is O=C(c1cc2c(s1)CCCCCC2)N1CCC(C(=O)N2CCCC2)CC1. The van der Waals surface area contributed by atoms with Crippen LogP contribution in [-0.4, -0.2) is 47.8 Å². The van der Waals surface area contributed by atoms with Gasteiger partial charge in [-0.3, -0.25) is 9.59 Å². The molecule has 2 amide bonds. The Kier molecular flexibility index (Phi) is 5.63. The van der Waals surface area contributed by atoms with Crippen LogP contribution in [0.3, 0.4) is 0 Å². The molecule has 2 aliphatic heterocycles. The second kappa shape index (κ2) is 8.12. The monoisotopic (exact) mass is 374 g/mol. The van der Waals surface area contributed by atoms with Crippen molar-refractivity contribution in [3.8, 4) is 0 Å². The highest BCUT2D eigenvalue weighted by Crippen LogP contribution is 2.30. The summed E-state index contributed by atoms with van der Waals surface area (Å²) in [6.07, 6.45) is 11.4. The maximum absolute atomic E-state index is 13.0. The summed E-state index contributed by atoms with van der Waals surface area (Å²) < 4.78 is 0. The van der Waals surface area contributed by atoms with Gasteiger partial charge in [-0.2, -0.15) is 0 Å². The van der Waals surface area contributed by atoms with Crippen molar-refractivity contribution in [2.45, 2.75) is 64.2 Å². The first-order valence-corrected chi connectivity index (χ1v) is 11.2. The molecule has 1 aromatic rings. The number of thiophene rings is 1. The van der Waals surface area contributed by atoms with Crippen LogP contribution in [0, 0.1) is 5.92 Å². The molecule has 3 heterocycles. The predicted molar refractivity (Wildman–Crippen MR) is 105 cm³/mol. The normalized spacial score (nSPS) is 22.0. The van der Waals surface area contributed by atoms with Gasteiger partial charge in [-0.05, 0) is 63.0 Å². The van der Waals surface area contributed by atoms with Crippen LogP contribution in [0.1, 0.15) is 71.5 Å². The summed E-state index contributed by atoms with van der Waals surface area (Å²) in [5, 5.41) is 0. The van der Waals surface area contributed by atoms with Crippen LogP contribution in [0.25, 0.3) is 0 Å². The minimum Gasteiger partial charge on any atom is -0.342 e. The van der Waals surface area contributed by atoms with E-state index in [1.165, 1.54) is 36.1 Å². The Hall–Kier alpha value is -1.36. The van der Waals surface area contributed by atoms with Gasteiger partial charge in [0.05, 0.1) is 4.88 Å². The number of nitrogens with zero attached hydrogens (tertiary/aromatic N) is 2. The Morgan fingerprint density at radius 1 is 0.846 bits per heavy atom. The van der Waals surface area contributed by atoms with Gasteiger partial charge < -0.3 is 9.80 Å². The number of hydrogen-bond donors (Lipinski definition) is 0. The third-order valence-corrected chi connectivity index (χ3v) is 7.48. The molecule has 5 heteroatoms. The first-order chi connectivity index (χ1) is 12.7. The van der Waals surface area contributed by atoms with E-state index in [-0.39, 0.29) is 11.8 Å². The largest absolute Gasteiger partial charge is 0.342 e. The minimum absolute atomic E-state index is 0.126. The Labute approximate surface area is 160 Å². The van der Waals surface area contributed by atoms with Crippen LogP contribution in [-0.2, 0) is 17.6 Å². The average molecular weight is 375 g/mol. The zero-order valence-corrected chi connectivity index (χ0v) is 16.5. The second-order valence-electron chi connectivity index (χ2n) is 8.07. The van der Waals surface area contributed by atoms with Crippen molar-refractivity contribution in [1.82, 2.24) is 9.80 Å². The average Bonchev–Trinajstić information content (AvgIpc) is 3.31. The number of hydrogen-bond acceptors (Lipinski definition) is 3. The van der Waals surface area contributed by atoms with Crippen molar-refractivity contribution < 1.29 is 9.59 Å². The molecule has 0 bridgehead atoms. The van der Waals surface area contributed by atoms with Crippen molar-refractivity contribution in [2.75, 3.05) is 26.2 Å². The summed E-state index contributed by atoms with van der Waals surface area (Å²) in [5.74, 6) is 0.642. The van der Waals surface area contributed by atoms with Crippen LogP contribution >= 0.6 is 11.3 Å². The van der Waals surface area contributed by atoms with E-state index in [9.17, 15) is 9.59 Å². The van der Waals surface area contributed by atoms with Gasteiger partial charge >= 0.3 is 0 Å². The van der Waals surface area contributed by atoms with Crippen molar-refractivity contribution in [1.29, 1.82) is 0 Å². The maximum Gasteiger partial charge on any atom is 0.263 e. The molecule has 0 aromatic carbocycles. The summed E-state index contributed by atoms with van der Waals surface area (Å²) in [4.78, 5) is 31.9. The number of amides is 2. The second-order valence-corrected chi connectivity index (χ2v) is 9.21. The summed E-state index contributed by atoms with van der Waals surface area (Å²) in [7, 11) is 0. The number of piperidine rings is 1. The fourth-order valence-electron chi connectivity index (χ4n) is 4.63. The third kappa shape index (κ3) is 3.83. The number of carbonyl (C=O) groups is 2. The van der Waals surface area contributed by atoms with E-state index >= 15 is 0 Å². The molecule has 2 saturated heterocycles. The Morgan fingerprint density at radius 2 is 1.54 bits per heavy atom. The van der Waals surface area contributed by atoms with E-state index in [1.54, 1.807) is 11.3 Å². The van der Waals surface area contributed by atoms with Crippen LogP contribution in [0.5, 0.6) is 0 Å². The van der Waals surface area contributed by atoms with Gasteiger partial charge in [-0.1, -0.05) is 12.8 Å². The first-order valence-electron chi connectivity index (χ1n) is 10.4. The molecule has 0 radical (unpaired) electrons. The lowest BCUT2D eigenvalue weighted by atomic mass is 9.95. The number of aryl methyl sites for hydroxylation is 2. The number of rotatable bonds is 2. The van der Waals surface area contributed by atoms with Gasteiger partial charge in [0.1, 0.15) is 0 Å². The van der Waals surface area contributed by atoms with E-state index in [2.05, 4.69) is 6.07 Å². The van der Waals surface area contributed by atoms with E-state index in [4.69, 9.17) is 0 Å². The minimum atomic E-state index is 0.126. The van der Waals surface area contributed by atoms with Gasteiger partial charge in [0, 0.05) is 37.0 Å². The van der Waals surface area contributed by atoms with Crippen LogP contribution in [0.4, 0.5) is 0 Å². The number of carbonyl (C=O) groups excluding carboxylic acids is 2. The molecule has 142 valence electrons. The molecular weight excluding hydrogens is 344 g/mol. The van der Waals surface area contributed by atoms with Gasteiger partial charge in [-0.15, -0.1) is 11.3 Å². The highest BCUT2D eigenvalue weighted by molar-refractivity contribution is 7.14. The summed E-state index contributed by atoms with van der Waals surface area (Å²) in [6.45, 7) is 3.31. The first kappa shape index (κ1) is 18.0. The lowest BCUT2D eigenvalue weighted by Crippen LogP contribution is -2.43. The molecule has 1 aromatic heterocycles. The van der Waals surface area contributed by atoms with Crippen molar-refractivity contribution >= 4 is 23.2 Å². The molecule has 2 fully saturated rings. The van der Waals surface area contributed by atoms with E-state index in [0.29, 0.717) is 5.91 Å². The number of fused-ring (bicyclic) bond motifs is 1. The summed E-state index contributed by atoms with van der Waals surface area (Å²) in [6, 6.07) is 2.16. The molecule has 0 N–H and O–H groups in total. The Balaban J connectivity index is 1.36. The van der Waals surface area contributed by atoms with Crippen molar-refractivity contribution in [2.24, 2.45) is 5.92 Å². The smallest absolute Gasteiger partial charge is 0.263 e. The molecule has 4 rings (SSSR count). The fourth-order valence-corrected chi connectivity index (χ4v) is 5.85. The van der Waals surface area contributed by atoms with E-state index in [1.807, 2.05) is 9.80 Å². The highest BCUT2D eigenvalue weighted by atomic mass is 32.1. The topological polar surface area (TPSA) is 40.6 Å². The van der Waals surface area contributed by atoms with E-state index in [0.717, 1.165) is 69.6 Å². The molecular formula is C21H30N2O2S. The Morgan fingerprint density at radius 3 is 2.27 bits per heavy atom. The maximum atomic E-state index is 13.0. The van der Waals surface area contributed by atoms with Gasteiger partial charge in [0.15, 0.2) is 0 Å². The molecule has 0 spiro atoms. The molecule has 0 atom stereocenters. The zero-order valence-electron chi connectivity index (χ0n) is 15.7. The highest BCUT2D eigenvalue weighted by Gasteiger charge is 2.32. The van der Waals surface area contributed by atoms with Gasteiger partial charge in [-0.25, -0.2) is 0 Å².